The highest BCUT2D eigenvalue weighted by atomic mass is 16.3. The lowest BCUT2D eigenvalue weighted by Gasteiger charge is -2.32. The van der Waals surface area contributed by atoms with Crippen molar-refractivity contribution in [1.29, 1.82) is 0 Å². The van der Waals surface area contributed by atoms with Crippen molar-refractivity contribution in [2.24, 2.45) is 10.9 Å². The summed E-state index contributed by atoms with van der Waals surface area (Å²) in [6.45, 7) is 4.63. The van der Waals surface area contributed by atoms with Crippen molar-refractivity contribution in [2.75, 3.05) is 0 Å². The van der Waals surface area contributed by atoms with Crippen molar-refractivity contribution in [3.63, 3.8) is 0 Å². The summed E-state index contributed by atoms with van der Waals surface area (Å²) in [6, 6.07) is 66.1. The van der Waals surface area contributed by atoms with Gasteiger partial charge in [-0.25, -0.2) is 0 Å². The smallest absolute Gasteiger partial charge is 0.159 e. The molecule has 3 aromatic heterocycles. The summed E-state index contributed by atoms with van der Waals surface area (Å²) in [7, 11) is 0. The van der Waals surface area contributed by atoms with E-state index in [1.54, 1.807) is 0 Å². The van der Waals surface area contributed by atoms with E-state index in [9.17, 15) is 0 Å². The van der Waals surface area contributed by atoms with Crippen LogP contribution < -0.4 is 0 Å². The van der Waals surface area contributed by atoms with Crippen molar-refractivity contribution >= 4 is 98.6 Å². The third-order valence-electron chi connectivity index (χ3n) is 14.1. The van der Waals surface area contributed by atoms with Crippen LogP contribution in [-0.4, -0.2) is 10.3 Å². The molecule has 4 nitrogen and oxygen atoms in total. The second-order valence-electron chi connectivity index (χ2n) is 17.7. The van der Waals surface area contributed by atoms with E-state index in [2.05, 4.69) is 200 Å². The number of allylic oxidation sites excluding steroid dienone is 1. The maximum Gasteiger partial charge on any atom is 0.159 e. The van der Waals surface area contributed by atoms with Gasteiger partial charge in [-0.15, -0.1) is 0 Å². The summed E-state index contributed by atoms with van der Waals surface area (Å²) in [5.74, 6) is 0.212. The average Bonchev–Trinajstić information content (AvgIpc) is 4.00. The van der Waals surface area contributed by atoms with Crippen molar-refractivity contribution < 1.29 is 8.83 Å². The van der Waals surface area contributed by atoms with Gasteiger partial charge >= 0.3 is 0 Å². The molecule has 4 heteroatoms. The fourth-order valence-electron chi connectivity index (χ4n) is 11.1. The molecular weight excluding hydrogens is 781 g/mol. The first-order valence-electron chi connectivity index (χ1n) is 22.7. The molecule has 0 spiro atoms. The molecule has 1 aliphatic heterocycles. The van der Waals surface area contributed by atoms with Gasteiger partial charge in [0, 0.05) is 49.4 Å². The van der Waals surface area contributed by atoms with E-state index in [1.165, 1.54) is 49.0 Å². The van der Waals surface area contributed by atoms with Crippen LogP contribution in [0.3, 0.4) is 0 Å². The summed E-state index contributed by atoms with van der Waals surface area (Å²) in [6.07, 6.45) is 2.79. The summed E-state index contributed by atoms with van der Waals surface area (Å²) in [5, 5.41) is 11.8. The molecule has 0 N–H and O–H groups in total. The van der Waals surface area contributed by atoms with Gasteiger partial charge in [-0.3, -0.25) is 4.99 Å². The number of fused-ring (bicyclic) bond motifs is 11. The van der Waals surface area contributed by atoms with Gasteiger partial charge < -0.3 is 13.4 Å². The largest absolute Gasteiger partial charge is 0.456 e. The molecule has 0 fully saturated rings. The quantitative estimate of drug-likeness (QED) is 0.173. The first-order valence-corrected chi connectivity index (χ1v) is 22.7. The predicted octanol–water partition coefficient (Wildman–Crippen LogP) is 16.7. The van der Waals surface area contributed by atoms with Gasteiger partial charge in [0.05, 0.1) is 28.1 Å². The van der Waals surface area contributed by atoms with Crippen molar-refractivity contribution in [2.45, 2.75) is 39.0 Å². The van der Waals surface area contributed by atoms with E-state index in [0.29, 0.717) is 0 Å². The molecule has 0 aliphatic carbocycles. The summed E-state index contributed by atoms with van der Waals surface area (Å²) < 4.78 is 16.1. The van der Waals surface area contributed by atoms with E-state index < -0.39 is 0 Å². The number of hydrogen-bond donors (Lipinski definition) is 0. The van der Waals surface area contributed by atoms with Gasteiger partial charge in [0.25, 0.3) is 0 Å². The van der Waals surface area contributed by atoms with Gasteiger partial charge in [-0.05, 0) is 119 Å². The lowest BCUT2D eigenvalue weighted by molar-refractivity contribution is 0.486. The van der Waals surface area contributed by atoms with Gasteiger partial charge in [-0.1, -0.05) is 134 Å². The Bertz CT molecular complexity index is 3910. The SMILES string of the molecule is CCC1C(c2cccc3oc4ccccc4c23)=N/C(c2ccccc2)=C(\C)CCC1c1cc(-n2c3ccccc3c3cc4ccccc4cc32)c2oc3cc4ccccc4cc3c2c1. The molecule has 0 saturated heterocycles. The Hall–Kier alpha value is -7.69. The van der Waals surface area contributed by atoms with E-state index >= 15 is 0 Å². The Morgan fingerprint density at radius 3 is 2.02 bits per heavy atom. The van der Waals surface area contributed by atoms with Crippen LogP contribution >= 0.6 is 0 Å². The van der Waals surface area contributed by atoms with Crippen LogP contribution in [-0.2, 0) is 0 Å². The standard InChI is InChI=1S/C60H44N2O2/c1-3-43-44(29-28-36(2)58(37-16-5-4-6-17-37)61-59(43)47-24-15-27-55-57(47)46-23-12-14-26-54(46)63-55)42-32-50-49-31-39-19-8-10-21-41(39)35-56(49)64-60(50)53(34-42)62-51-25-13-11-22-45(51)48-30-38-18-7-9-20-40(38)33-52(48)62/h4-27,30-35,43-44H,3,28-29H2,1-2H3/b58-36+,61-59?. The molecule has 12 aromatic rings. The van der Waals surface area contributed by atoms with Crippen LogP contribution in [0.5, 0.6) is 0 Å². The lowest BCUT2D eigenvalue weighted by atomic mass is 9.74. The van der Waals surface area contributed by atoms with Crippen LogP contribution in [0.1, 0.15) is 55.7 Å². The fraction of sp³-hybridized carbons (Fsp3) is 0.117. The van der Waals surface area contributed by atoms with E-state index in [0.717, 1.165) is 96.9 Å². The molecule has 4 heterocycles. The summed E-state index contributed by atoms with van der Waals surface area (Å²) >= 11 is 0. The Balaban J connectivity index is 1.11. The second kappa shape index (κ2) is 14.4. The molecule has 2 atom stereocenters. The van der Waals surface area contributed by atoms with Gasteiger partial charge in [0.1, 0.15) is 16.7 Å². The maximum absolute atomic E-state index is 7.13. The van der Waals surface area contributed by atoms with Crippen LogP contribution in [0, 0.1) is 5.92 Å². The van der Waals surface area contributed by atoms with Gasteiger partial charge in [-0.2, -0.15) is 0 Å². The Kier molecular flexibility index (Phi) is 8.33. The molecular formula is C60H44N2O2. The third-order valence-corrected chi connectivity index (χ3v) is 14.1. The number of aromatic nitrogens is 1. The molecule has 13 rings (SSSR count). The van der Waals surface area contributed by atoms with Gasteiger partial charge in [0.2, 0.25) is 0 Å². The highest BCUT2D eigenvalue weighted by Crippen LogP contribution is 2.47. The number of para-hydroxylation sites is 2. The minimum Gasteiger partial charge on any atom is -0.456 e. The molecule has 1 aliphatic rings. The Morgan fingerprint density at radius 1 is 0.547 bits per heavy atom. The molecule has 2 unspecified atom stereocenters. The summed E-state index contributed by atoms with van der Waals surface area (Å²) in [5.41, 5.74) is 14.0. The third kappa shape index (κ3) is 5.65. The molecule has 64 heavy (non-hydrogen) atoms. The first-order chi connectivity index (χ1) is 31.6. The Morgan fingerprint density at radius 2 is 1.22 bits per heavy atom. The highest BCUT2D eigenvalue weighted by Gasteiger charge is 2.33. The van der Waals surface area contributed by atoms with Gasteiger partial charge in [0.15, 0.2) is 5.58 Å². The predicted molar refractivity (Wildman–Crippen MR) is 268 cm³/mol. The van der Waals surface area contributed by atoms with Crippen LogP contribution in [0.25, 0.3) is 98.6 Å². The molecule has 0 bridgehead atoms. The van der Waals surface area contributed by atoms with Crippen molar-refractivity contribution in [3.05, 3.63) is 204 Å². The monoisotopic (exact) mass is 824 g/mol. The molecule has 306 valence electrons. The second-order valence-corrected chi connectivity index (χ2v) is 17.7. The molecule has 0 amide bonds. The normalized spacial score (nSPS) is 17.4. The van der Waals surface area contributed by atoms with Crippen LogP contribution in [0.4, 0.5) is 0 Å². The number of hydrogen-bond acceptors (Lipinski definition) is 3. The zero-order chi connectivity index (χ0) is 42.5. The van der Waals surface area contributed by atoms with Crippen molar-refractivity contribution in [1.82, 2.24) is 4.57 Å². The number of rotatable bonds is 5. The number of benzene rings is 9. The van der Waals surface area contributed by atoms with E-state index in [1.807, 2.05) is 0 Å². The average molecular weight is 825 g/mol. The van der Waals surface area contributed by atoms with Crippen LogP contribution in [0.15, 0.2) is 201 Å². The highest BCUT2D eigenvalue weighted by molar-refractivity contribution is 6.21. The number of furan rings is 2. The lowest BCUT2D eigenvalue weighted by Crippen LogP contribution is -2.25. The maximum atomic E-state index is 7.13. The zero-order valence-corrected chi connectivity index (χ0v) is 35.8. The Labute approximate surface area is 370 Å². The van der Waals surface area contributed by atoms with Crippen LogP contribution in [0.2, 0.25) is 0 Å². The van der Waals surface area contributed by atoms with Crippen molar-refractivity contribution in [3.8, 4) is 5.69 Å². The zero-order valence-electron chi connectivity index (χ0n) is 35.8. The number of nitrogens with zero attached hydrogens (tertiary/aromatic N) is 2. The minimum atomic E-state index is 0.0810. The van der Waals surface area contributed by atoms with E-state index in [4.69, 9.17) is 13.8 Å². The topological polar surface area (TPSA) is 43.6 Å². The minimum absolute atomic E-state index is 0.0810. The van der Waals surface area contributed by atoms with E-state index in [-0.39, 0.29) is 11.8 Å². The molecule has 0 saturated carbocycles. The molecule has 9 aromatic carbocycles. The first kappa shape index (κ1) is 36.9. The number of aliphatic imine (C=N–C) groups is 1. The fourth-order valence-corrected chi connectivity index (χ4v) is 11.1. The molecule has 0 radical (unpaired) electrons. The summed E-state index contributed by atoms with van der Waals surface area (Å²) in [4.78, 5) is 5.87.